The summed E-state index contributed by atoms with van der Waals surface area (Å²) in [6.45, 7) is 6.24. The molecule has 118 valence electrons. The average Bonchev–Trinajstić information content (AvgIpc) is 3.16. The molecule has 0 unspecified atom stereocenters. The Kier molecular flexibility index (Phi) is 4.30. The highest BCUT2D eigenvalue weighted by Gasteiger charge is 2.12. The van der Waals surface area contributed by atoms with E-state index >= 15 is 0 Å². The van der Waals surface area contributed by atoms with E-state index in [0.717, 1.165) is 21.8 Å². The molecule has 0 atom stereocenters. The Morgan fingerprint density at radius 3 is 2.57 bits per heavy atom. The zero-order valence-electron chi connectivity index (χ0n) is 13.5. The van der Waals surface area contributed by atoms with Gasteiger partial charge >= 0.3 is 0 Å². The van der Waals surface area contributed by atoms with Crippen molar-refractivity contribution in [2.24, 2.45) is 5.10 Å². The number of benzene rings is 1. The summed E-state index contributed by atoms with van der Waals surface area (Å²) in [6.07, 6.45) is 3.85. The van der Waals surface area contributed by atoms with Crippen LogP contribution in [0, 0.1) is 0 Å². The lowest BCUT2D eigenvalue weighted by atomic mass is 10.1. The quantitative estimate of drug-likeness (QED) is 0.573. The number of rotatable bonds is 4. The number of hydrogen-bond donors (Lipinski definition) is 1. The molecule has 0 amide bonds. The Balaban J connectivity index is 1.99. The van der Waals surface area contributed by atoms with Gasteiger partial charge in [-0.3, -0.25) is 0 Å². The molecule has 0 saturated carbocycles. The van der Waals surface area contributed by atoms with E-state index in [1.54, 1.807) is 11.3 Å². The van der Waals surface area contributed by atoms with Crippen molar-refractivity contribution < 1.29 is 0 Å². The van der Waals surface area contributed by atoms with Crippen LogP contribution < -0.4 is 5.43 Å². The smallest absolute Gasteiger partial charge is 0.117 e. The third kappa shape index (κ3) is 3.87. The van der Waals surface area contributed by atoms with Crippen LogP contribution in [0.2, 0.25) is 0 Å². The van der Waals surface area contributed by atoms with Crippen molar-refractivity contribution in [2.45, 2.75) is 26.3 Å². The van der Waals surface area contributed by atoms with Crippen LogP contribution in [0.15, 0.2) is 59.1 Å². The van der Waals surface area contributed by atoms with Gasteiger partial charge in [-0.2, -0.15) is 10.2 Å². The molecule has 3 rings (SSSR count). The van der Waals surface area contributed by atoms with Crippen molar-refractivity contribution in [3.63, 3.8) is 0 Å². The van der Waals surface area contributed by atoms with Crippen LogP contribution in [0.25, 0.3) is 16.3 Å². The molecule has 3 aromatic rings. The summed E-state index contributed by atoms with van der Waals surface area (Å²) >= 11 is 1.66. The highest BCUT2D eigenvalue weighted by Crippen LogP contribution is 2.24. The molecule has 23 heavy (non-hydrogen) atoms. The van der Waals surface area contributed by atoms with Gasteiger partial charge in [0.05, 0.1) is 6.21 Å². The van der Waals surface area contributed by atoms with Crippen LogP contribution >= 0.6 is 11.3 Å². The molecule has 0 spiro atoms. The summed E-state index contributed by atoms with van der Waals surface area (Å²) in [5, 5.41) is 12.3. The van der Waals surface area contributed by atoms with E-state index in [0.29, 0.717) is 0 Å². The first-order valence-corrected chi connectivity index (χ1v) is 8.40. The van der Waals surface area contributed by atoms with Gasteiger partial charge in [0.15, 0.2) is 0 Å². The topological polar surface area (TPSA) is 42.2 Å². The Morgan fingerprint density at radius 2 is 1.91 bits per heavy atom. The van der Waals surface area contributed by atoms with Gasteiger partial charge in [0.25, 0.3) is 0 Å². The summed E-state index contributed by atoms with van der Waals surface area (Å²) in [7, 11) is 0. The molecule has 1 N–H and O–H groups in total. The van der Waals surface area contributed by atoms with Gasteiger partial charge in [-0.1, -0.05) is 30.3 Å². The van der Waals surface area contributed by atoms with E-state index in [2.05, 4.69) is 49.5 Å². The minimum Gasteiger partial charge on any atom is -0.305 e. The molecule has 0 bridgehead atoms. The summed E-state index contributed by atoms with van der Waals surface area (Å²) in [5.74, 6) is 0. The van der Waals surface area contributed by atoms with Crippen LogP contribution in [-0.4, -0.2) is 21.5 Å². The Bertz CT molecular complexity index is 780. The van der Waals surface area contributed by atoms with Crippen molar-refractivity contribution >= 4 is 17.6 Å². The summed E-state index contributed by atoms with van der Waals surface area (Å²) in [6, 6.07) is 14.3. The predicted molar refractivity (Wildman–Crippen MR) is 97.4 cm³/mol. The molecule has 4 nitrogen and oxygen atoms in total. The third-order valence-electron chi connectivity index (χ3n) is 3.13. The van der Waals surface area contributed by atoms with Crippen molar-refractivity contribution in [3.05, 3.63) is 59.6 Å². The summed E-state index contributed by atoms with van der Waals surface area (Å²) < 4.78 is 1.91. The molecule has 2 aromatic heterocycles. The fourth-order valence-electron chi connectivity index (χ4n) is 2.11. The number of nitrogens with one attached hydrogen (secondary N) is 1. The van der Waals surface area contributed by atoms with Crippen LogP contribution in [-0.2, 0) is 0 Å². The molecule has 0 fully saturated rings. The maximum absolute atomic E-state index is 4.75. The molecular weight excluding hydrogens is 304 g/mol. The monoisotopic (exact) mass is 324 g/mol. The standard InChI is InChI=1S/C18H20N4S/c1-18(2,3)21-19-12-15-13-22(16-10-7-11-23-16)20-17(15)14-8-5-4-6-9-14/h4-13,21H,1-3H3/b19-12-. The highest BCUT2D eigenvalue weighted by molar-refractivity contribution is 7.12. The van der Waals surface area contributed by atoms with Gasteiger partial charge in [0.1, 0.15) is 10.7 Å². The largest absolute Gasteiger partial charge is 0.305 e. The van der Waals surface area contributed by atoms with Gasteiger partial charge in [-0.15, -0.1) is 11.3 Å². The maximum atomic E-state index is 4.75. The van der Waals surface area contributed by atoms with Crippen LogP contribution in [0.1, 0.15) is 26.3 Å². The fourth-order valence-corrected chi connectivity index (χ4v) is 2.77. The Hall–Kier alpha value is -2.40. The molecule has 0 aliphatic rings. The first-order valence-electron chi connectivity index (χ1n) is 7.52. The molecule has 0 radical (unpaired) electrons. The normalized spacial score (nSPS) is 12.0. The van der Waals surface area contributed by atoms with Gasteiger partial charge in [-0.05, 0) is 38.3 Å². The molecule has 0 aliphatic heterocycles. The molecule has 2 heterocycles. The van der Waals surface area contributed by atoms with E-state index in [1.165, 1.54) is 0 Å². The first-order chi connectivity index (χ1) is 11.0. The second-order valence-electron chi connectivity index (χ2n) is 6.31. The van der Waals surface area contributed by atoms with Crippen molar-refractivity contribution in [3.8, 4) is 16.3 Å². The summed E-state index contributed by atoms with van der Waals surface area (Å²) in [4.78, 5) is 0. The van der Waals surface area contributed by atoms with Gasteiger partial charge in [0, 0.05) is 22.9 Å². The number of thiophene rings is 1. The molecule has 1 aromatic carbocycles. The second-order valence-corrected chi connectivity index (χ2v) is 7.24. The highest BCUT2D eigenvalue weighted by atomic mass is 32.1. The number of hydrogen-bond acceptors (Lipinski definition) is 4. The van der Waals surface area contributed by atoms with Gasteiger partial charge in [-0.25, -0.2) is 4.68 Å². The third-order valence-corrected chi connectivity index (χ3v) is 3.98. The number of nitrogens with zero attached hydrogens (tertiary/aromatic N) is 3. The lowest BCUT2D eigenvalue weighted by molar-refractivity contribution is 0.442. The number of aromatic nitrogens is 2. The zero-order chi connectivity index (χ0) is 16.3. The molecule has 0 aliphatic carbocycles. The van der Waals surface area contributed by atoms with Crippen LogP contribution in [0.3, 0.4) is 0 Å². The fraction of sp³-hybridized carbons (Fsp3) is 0.222. The minimum atomic E-state index is -0.0623. The summed E-state index contributed by atoms with van der Waals surface area (Å²) in [5.41, 5.74) is 6.07. The maximum Gasteiger partial charge on any atom is 0.117 e. The van der Waals surface area contributed by atoms with E-state index in [1.807, 2.05) is 46.7 Å². The zero-order valence-corrected chi connectivity index (χ0v) is 14.3. The Morgan fingerprint density at radius 1 is 1.13 bits per heavy atom. The SMILES string of the molecule is CC(C)(C)N/N=C\c1cn(-c2cccs2)nc1-c1ccccc1. The van der Waals surface area contributed by atoms with Gasteiger partial charge < -0.3 is 5.43 Å². The average molecular weight is 324 g/mol. The van der Waals surface area contributed by atoms with Gasteiger partial charge in [0.2, 0.25) is 0 Å². The van der Waals surface area contributed by atoms with E-state index in [-0.39, 0.29) is 5.54 Å². The number of hydrazone groups is 1. The van der Waals surface area contributed by atoms with E-state index < -0.39 is 0 Å². The molecular formula is C18H20N4S. The van der Waals surface area contributed by atoms with E-state index in [4.69, 9.17) is 5.10 Å². The van der Waals surface area contributed by atoms with Crippen molar-refractivity contribution in [1.82, 2.24) is 15.2 Å². The van der Waals surface area contributed by atoms with Crippen LogP contribution in [0.5, 0.6) is 0 Å². The van der Waals surface area contributed by atoms with Crippen molar-refractivity contribution in [2.75, 3.05) is 0 Å². The minimum absolute atomic E-state index is 0.0623. The first kappa shape index (κ1) is 15.5. The Labute approximate surface area is 140 Å². The lowest BCUT2D eigenvalue weighted by Gasteiger charge is -2.16. The van der Waals surface area contributed by atoms with E-state index in [9.17, 15) is 0 Å². The molecule has 0 saturated heterocycles. The second kappa shape index (κ2) is 6.38. The van der Waals surface area contributed by atoms with Crippen molar-refractivity contribution in [1.29, 1.82) is 0 Å². The lowest BCUT2D eigenvalue weighted by Crippen LogP contribution is -2.31. The molecule has 5 heteroatoms. The van der Waals surface area contributed by atoms with Crippen LogP contribution in [0.4, 0.5) is 0 Å². The predicted octanol–water partition coefficient (Wildman–Crippen LogP) is 4.32.